The third kappa shape index (κ3) is 1.77. The topological polar surface area (TPSA) is 27.7 Å². The molecule has 3 aliphatic rings. The van der Waals surface area contributed by atoms with E-state index >= 15 is 0 Å². The third-order valence-electron chi connectivity index (χ3n) is 5.92. The molecule has 0 bridgehead atoms. The van der Waals surface area contributed by atoms with E-state index in [1.807, 2.05) is 6.07 Å². The summed E-state index contributed by atoms with van der Waals surface area (Å²) >= 11 is 0. The van der Waals surface area contributed by atoms with E-state index in [-0.39, 0.29) is 0 Å². The van der Waals surface area contributed by atoms with Crippen molar-refractivity contribution in [2.45, 2.75) is 18.9 Å². The summed E-state index contributed by atoms with van der Waals surface area (Å²) in [6.45, 7) is 1.47. The van der Waals surface area contributed by atoms with Crippen LogP contribution in [0.2, 0.25) is 0 Å². The first-order valence-corrected chi connectivity index (χ1v) is 8.54. The van der Waals surface area contributed by atoms with Gasteiger partial charge in [0, 0.05) is 24.0 Å². The van der Waals surface area contributed by atoms with E-state index < -0.39 is 0 Å². The van der Waals surface area contributed by atoms with Crippen molar-refractivity contribution in [2.75, 3.05) is 34.5 Å². The Kier molecular flexibility index (Phi) is 2.76. The summed E-state index contributed by atoms with van der Waals surface area (Å²) in [5, 5.41) is 0. The van der Waals surface area contributed by atoms with Crippen LogP contribution >= 0.6 is 0 Å². The molecular formula is C20H22NO3+. The van der Waals surface area contributed by atoms with Crippen LogP contribution in [0.4, 0.5) is 0 Å². The van der Waals surface area contributed by atoms with Crippen LogP contribution in [-0.4, -0.2) is 39.0 Å². The van der Waals surface area contributed by atoms with Crippen LogP contribution in [0.5, 0.6) is 17.2 Å². The highest BCUT2D eigenvalue weighted by Crippen LogP contribution is 2.55. The Hall–Kier alpha value is -2.20. The zero-order valence-electron chi connectivity index (χ0n) is 14.4. The number of hydrogen-bond donors (Lipinski definition) is 0. The average molecular weight is 324 g/mol. The van der Waals surface area contributed by atoms with Crippen molar-refractivity contribution in [3.8, 4) is 28.4 Å². The van der Waals surface area contributed by atoms with Gasteiger partial charge in [0.1, 0.15) is 11.8 Å². The van der Waals surface area contributed by atoms with Gasteiger partial charge in [-0.15, -0.1) is 0 Å². The summed E-state index contributed by atoms with van der Waals surface area (Å²) in [6, 6.07) is 9.07. The van der Waals surface area contributed by atoms with Crippen LogP contribution in [-0.2, 0) is 12.8 Å². The number of nitrogens with zero attached hydrogens (tertiary/aromatic N) is 1. The quantitative estimate of drug-likeness (QED) is 0.753. The Morgan fingerprint density at radius 3 is 2.83 bits per heavy atom. The van der Waals surface area contributed by atoms with E-state index in [0.717, 1.165) is 41.1 Å². The Labute approximate surface area is 142 Å². The maximum atomic E-state index is 5.89. The first kappa shape index (κ1) is 14.2. The lowest BCUT2D eigenvalue weighted by atomic mass is 9.75. The van der Waals surface area contributed by atoms with Crippen molar-refractivity contribution in [3.05, 3.63) is 41.0 Å². The van der Waals surface area contributed by atoms with Crippen LogP contribution in [0.1, 0.15) is 22.7 Å². The number of fused-ring (bicyclic) bond motifs is 4. The Morgan fingerprint density at radius 2 is 2.00 bits per heavy atom. The van der Waals surface area contributed by atoms with Crippen LogP contribution < -0.4 is 14.2 Å². The van der Waals surface area contributed by atoms with Crippen molar-refractivity contribution < 1.29 is 18.7 Å². The van der Waals surface area contributed by atoms with Crippen molar-refractivity contribution in [1.82, 2.24) is 0 Å². The van der Waals surface area contributed by atoms with Gasteiger partial charge in [-0.25, -0.2) is 0 Å². The molecule has 124 valence electrons. The molecule has 24 heavy (non-hydrogen) atoms. The summed E-state index contributed by atoms with van der Waals surface area (Å²) in [5.41, 5.74) is 6.76. The summed E-state index contributed by atoms with van der Waals surface area (Å²) in [5.74, 6) is 2.74. The van der Waals surface area contributed by atoms with Gasteiger partial charge in [0.2, 0.25) is 6.79 Å². The van der Waals surface area contributed by atoms with E-state index in [4.69, 9.17) is 14.2 Å². The summed E-state index contributed by atoms with van der Waals surface area (Å²) in [4.78, 5) is 0. The first-order valence-electron chi connectivity index (χ1n) is 8.54. The molecule has 0 spiro atoms. The minimum absolute atomic E-state index is 0.319. The molecule has 0 radical (unpaired) electrons. The van der Waals surface area contributed by atoms with Crippen LogP contribution in [0.15, 0.2) is 24.3 Å². The number of quaternary nitrogens is 1. The zero-order valence-corrected chi connectivity index (χ0v) is 14.4. The van der Waals surface area contributed by atoms with E-state index in [1.54, 1.807) is 7.11 Å². The highest BCUT2D eigenvalue weighted by Gasteiger charge is 2.43. The molecule has 0 unspecified atom stereocenters. The SMILES string of the molecule is COc1ccc2c(c1)C[C@@H]1c3c(cc4c(c3-2)OCO4)CC[N+]1(C)C. The Morgan fingerprint density at radius 1 is 1.12 bits per heavy atom. The van der Waals surface area contributed by atoms with Gasteiger partial charge in [0.05, 0.1) is 27.7 Å². The van der Waals surface area contributed by atoms with Crippen molar-refractivity contribution in [2.24, 2.45) is 0 Å². The highest BCUT2D eigenvalue weighted by atomic mass is 16.7. The predicted molar refractivity (Wildman–Crippen MR) is 91.7 cm³/mol. The summed E-state index contributed by atoms with van der Waals surface area (Å²) in [7, 11) is 6.41. The molecular weight excluding hydrogens is 302 g/mol. The van der Waals surface area contributed by atoms with Gasteiger partial charge in [0.15, 0.2) is 11.5 Å². The molecule has 0 N–H and O–H groups in total. The van der Waals surface area contributed by atoms with Crippen molar-refractivity contribution in [1.29, 1.82) is 0 Å². The van der Waals surface area contributed by atoms with Gasteiger partial charge in [-0.2, -0.15) is 0 Å². The molecule has 1 atom stereocenters. The lowest BCUT2D eigenvalue weighted by Gasteiger charge is -2.46. The molecule has 4 heteroatoms. The van der Waals surface area contributed by atoms with E-state index in [1.165, 1.54) is 27.8 Å². The average Bonchev–Trinajstić information content (AvgIpc) is 3.05. The van der Waals surface area contributed by atoms with Gasteiger partial charge in [-0.3, -0.25) is 0 Å². The van der Waals surface area contributed by atoms with Gasteiger partial charge >= 0.3 is 0 Å². The van der Waals surface area contributed by atoms with Crippen LogP contribution in [0.3, 0.4) is 0 Å². The molecule has 2 aliphatic heterocycles. The van der Waals surface area contributed by atoms with E-state index in [2.05, 4.69) is 32.3 Å². The lowest BCUT2D eigenvalue weighted by molar-refractivity contribution is -0.923. The molecule has 4 nitrogen and oxygen atoms in total. The minimum atomic E-state index is 0.319. The molecule has 2 heterocycles. The number of ether oxygens (including phenoxy) is 3. The smallest absolute Gasteiger partial charge is 0.231 e. The van der Waals surface area contributed by atoms with E-state index in [0.29, 0.717) is 12.8 Å². The van der Waals surface area contributed by atoms with Gasteiger partial charge < -0.3 is 18.7 Å². The molecule has 0 saturated heterocycles. The van der Waals surface area contributed by atoms with Gasteiger partial charge in [0.25, 0.3) is 0 Å². The third-order valence-corrected chi connectivity index (χ3v) is 5.92. The fraction of sp³-hybridized carbons (Fsp3) is 0.400. The fourth-order valence-corrected chi connectivity index (χ4v) is 4.55. The van der Waals surface area contributed by atoms with Crippen molar-refractivity contribution >= 4 is 0 Å². The second-order valence-corrected chi connectivity index (χ2v) is 7.55. The van der Waals surface area contributed by atoms with Crippen LogP contribution in [0.25, 0.3) is 11.1 Å². The van der Waals surface area contributed by atoms with Gasteiger partial charge in [-0.05, 0) is 34.9 Å². The second kappa shape index (κ2) is 4.67. The number of benzene rings is 2. The molecule has 1 aliphatic carbocycles. The van der Waals surface area contributed by atoms with Crippen molar-refractivity contribution in [3.63, 3.8) is 0 Å². The molecule has 0 saturated carbocycles. The standard InChI is InChI=1S/C20H22NO3/c1-21(2)7-6-12-10-17-20(24-11-23-17)19-15-5-4-14(22-3)8-13(15)9-16(21)18(12)19/h4-5,8,10,16H,6-7,9,11H2,1-3H3/q+1/t16-/m1/s1. The first-order chi connectivity index (χ1) is 11.6. The molecule has 0 fully saturated rings. The largest absolute Gasteiger partial charge is 0.497 e. The van der Waals surface area contributed by atoms with Gasteiger partial charge in [-0.1, -0.05) is 6.07 Å². The van der Waals surface area contributed by atoms with Crippen LogP contribution in [0, 0.1) is 0 Å². The van der Waals surface area contributed by atoms with E-state index in [9.17, 15) is 0 Å². The maximum absolute atomic E-state index is 5.89. The molecule has 2 aromatic carbocycles. The highest BCUT2D eigenvalue weighted by molar-refractivity contribution is 5.84. The normalized spacial score (nSPS) is 21.9. The minimum Gasteiger partial charge on any atom is -0.497 e. The second-order valence-electron chi connectivity index (χ2n) is 7.55. The zero-order chi connectivity index (χ0) is 16.5. The Bertz CT molecular complexity index is 856. The molecule has 5 rings (SSSR count). The summed E-state index contributed by atoms with van der Waals surface area (Å²) in [6.07, 6.45) is 2.13. The monoisotopic (exact) mass is 324 g/mol. The number of likely N-dealkylation sites (N-methyl/N-ethyl adjacent to an activating group) is 1. The molecule has 2 aromatic rings. The predicted octanol–water partition coefficient (Wildman–Crippen LogP) is 3.32. The lowest BCUT2D eigenvalue weighted by Crippen LogP contribution is -2.49. The Balaban J connectivity index is 1.84. The maximum Gasteiger partial charge on any atom is 0.231 e. The summed E-state index contributed by atoms with van der Waals surface area (Å²) < 4.78 is 18.1. The number of hydrogen-bond acceptors (Lipinski definition) is 3. The molecule has 0 amide bonds. The fourth-order valence-electron chi connectivity index (χ4n) is 4.55. The number of methoxy groups -OCH3 is 1. The number of rotatable bonds is 1. The molecule has 0 aromatic heterocycles.